The number of piperazine rings is 1. The Balaban J connectivity index is 0.00000242. The highest BCUT2D eigenvalue weighted by atomic mass is 35.5. The fourth-order valence-electron chi connectivity index (χ4n) is 2.68. The Hall–Kier alpha value is -1.34. The number of phenolic OH excluding ortho intramolecular Hbond substituents is 1. The van der Waals surface area contributed by atoms with Gasteiger partial charge in [0, 0.05) is 38.3 Å². The highest BCUT2D eigenvalue weighted by Gasteiger charge is 2.25. The number of aromatic hydroxyl groups is 1. The van der Waals surface area contributed by atoms with E-state index >= 15 is 0 Å². The van der Waals surface area contributed by atoms with E-state index in [1.165, 1.54) is 12.1 Å². The van der Waals surface area contributed by atoms with Crippen molar-refractivity contribution < 1.29 is 10.0 Å². The summed E-state index contributed by atoms with van der Waals surface area (Å²) in [5.74, 6) is -0.293. The third-order valence-corrected chi connectivity index (χ3v) is 3.72. The second-order valence-corrected chi connectivity index (χ2v) is 5.47. The number of nitro groups is 1. The van der Waals surface area contributed by atoms with Crippen LogP contribution >= 0.6 is 24.8 Å². The lowest BCUT2D eigenvalue weighted by Crippen LogP contribution is -2.45. The minimum Gasteiger partial charge on any atom is -0.502 e. The maximum absolute atomic E-state index is 11.0. The zero-order chi connectivity index (χ0) is 15.4. The molecule has 0 radical (unpaired) electrons. The summed E-state index contributed by atoms with van der Waals surface area (Å²) in [6, 6.07) is 4.70. The SMILES string of the molecule is C=C(C)C[C@@H](c1ccc(O)c([N+](=O)[O-])c1)N1CCNCC1.Cl.Cl. The Labute approximate surface area is 148 Å². The van der Waals surface area contributed by atoms with Gasteiger partial charge in [-0.1, -0.05) is 11.6 Å². The van der Waals surface area contributed by atoms with Gasteiger partial charge in [-0.05, 0) is 25.0 Å². The predicted molar refractivity (Wildman–Crippen MR) is 95.9 cm³/mol. The molecule has 0 aromatic heterocycles. The zero-order valence-corrected chi connectivity index (χ0v) is 14.7. The van der Waals surface area contributed by atoms with Crippen LogP contribution in [-0.4, -0.2) is 41.1 Å². The molecule has 1 aliphatic heterocycles. The van der Waals surface area contributed by atoms with Crippen LogP contribution in [0.4, 0.5) is 5.69 Å². The summed E-state index contributed by atoms with van der Waals surface area (Å²) in [7, 11) is 0. The highest BCUT2D eigenvalue weighted by Crippen LogP contribution is 2.33. The van der Waals surface area contributed by atoms with Gasteiger partial charge in [0.2, 0.25) is 0 Å². The number of rotatable bonds is 5. The molecular formula is C15H23Cl2N3O3. The van der Waals surface area contributed by atoms with Crippen LogP contribution in [0.1, 0.15) is 24.9 Å². The van der Waals surface area contributed by atoms with Crippen molar-refractivity contribution in [3.63, 3.8) is 0 Å². The average molecular weight is 364 g/mol. The molecule has 0 amide bonds. The summed E-state index contributed by atoms with van der Waals surface area (Å²) in [4.78, 5) is 12.8. The molecule has 23 heavy (non-hydrogen) atoms. The van der Waals surface area contributed by atoms with Crippen molar-refractivity contribution >= 4 is 30.5 Å². The van der Waals surface area contributed by atoms with Crippen LogP contribution in [0.5, 0.6) is 5.75 Å². The van der Waals surface area contributed by atoms with Gasteiger partial charge in [-0.25, -0.2) is 0 Å². The summed E-state index contributed by atoms with van der Waals surface area (Å²) in [5, 5.41) is 23.9. The van der Waals surface area contributed by atoms with Crippen molar-refractivity contribution in [2.24, 2.45) is 0 Å². The Morgan fingerprint density at radius 3 is 2.57 bits per heavy atom. The highest BCUT2D eigenvalue weighted by molar-refractivity contribution is 5.85. The Morgan fingerprint density at radius 1 is 1.43 bits per heavy atom. The van der Waals surface area contributed by atoms with Crippen molar-refractivity contribution in [1.82, 2.24) is 10.2 Å². The Morgan fingerprint density at radius 2 is 2.04 bits per heavy atom. The number of nitrogens with zero attached hydrogens (tertiary/aromatic N) is 2. The lowest BCUT2D eigenvalue weighted by atomic mass is 9.97. The molecular weight excluding hydrogens is 341 g/mol. The van der Waals surface area contributed by atoms with Crippen LogP contribution < -0.4 is 5.32 Å². The fourth-order valence-corrected chi connectivity index (χ4v) is 2.68. The molecule has 1 aromatic rings. The van der Waals surface area contributed by atoms with Crippen LogP contribution in [0.3, 0.4) is 0 Å². The first-order valence-electron chi connectivity index (χ1n) is 7.05. The van der Waals surface area contributed by atoms with Crippen molar-refractivity contribution in [3.05, 3.63) is 46.0 Å². The summed E-state index contributed by atoms with van der Waals surface area (Å²) < 4.78 is 0. The molecule has 1 heterocycles. The number of nitro benzene ring substituents is 1. The van der Waals surface area contributed by atoms with E-state index in [9.17, 15) is 15.2 Å². The first-order valence-corrected chi connectivity index (χ1v) is 7.05. The predicted octanol–water partition coefficient (Wildman–Crippen LogP) is 3.06. The number of hydrogen-bond donors (Lipinski definition) is 2. The molecule has 0 bridgehead atoms. The first kappa shape index (κ1) is 21.7. The quantitative estimate of drug-likeness (QED) is 0.477. The minimum atomic E-state index is -0.547. The van der Waals surface area contributed by atoms with Gasteiger partial charge in [-0.2, -0.15) is 0 Å². The summed E-state index contributed by atoms with van der Waals surface area (Å²) in [6.07, 6.45) is 0.752. The molecule has 1 atom stereocenters. The molecule has 0 aliphatic carbocycles. The number of hydrogen-bond acceptors (Lipinski definition) is 5. The van der Waals surface area contributed by atoms with E-state index < -0.39 is 4.92 Å². The van der Waals surface area contributed by atoms with Gasteiger partial charge in [0.1, 0.15) is 0 Å². The standard InChI is InChI=1S/C15H21N3O3.2ClH/c1-11(2)9-13(17-7-5-16-6-8-17)12-3-4-15(19)14(10-12)18(20)21;;/h3-4,10,13,16,19H,1,5-9H2,2H3;2*1H/t13-;;/m0../s1. The topological polar surface area (TPSA) is 78.6 Å². The van der Waals surface area contributed by atoms with E-state index in [-0.39, 0.29) is 42.3 Å². The largest absolute Gasteiger partial charge is 0.502 e. The van der Waals surface area contributed by atoms with Gasteiger partial charge in [0.05, 0.1) is 4.92 Å². The maximum atomic E-state index is 11.0. The molecule has 0 spiro atoms. The van der Waals surface area contributed by atoms with Gasteiger partial charge < -0.3 is 10.4 Å². The van der Waals surface area contributed by atoms with Crippen molar-refractivity contribution in [3.8, 4) is 5.75 Å². The number of halogens is 2. The van der Waals surface area contributed by atoms with Gasteiger partial charge in [0.25, 0.3) is 0 Å². The summed E-state index contributed by atoms with van der Waals surface area (Å²) >= 11 is 0. The van der Waals surface area contributed by atoms with E-state index in [1.54, 1.807) is 6.07 Å². The Kier molecular flexibility index (Phi) is 9.16. The molecule has 0 saturated carbocycles. The van der Waals surface area contributed by atoms with E-state index in [1.807, 2.05) is 6.92 Å². The summed E-state index contributed by atoms with van der Waals surface area (Å²) in [6.45, 7) is 9.54. The monoisotopic (exact) mass is 363 g/mol. The fraction of sp³-hybridized carbons (Fsp3) is 0.467. The van der Waals surface area contributed by atoms with E-state index in [4.69, 9.17) is 0 Å². The van der Waals surface area contributed by atoms with E-state index in [2.05, 4.69) is 16.8 Å². The number of nitrogens with one attached hydrogen (secondary N) is 1. The molecule has 1 aliphatic rings. The van der Waals surface area contributed by atoms with Crippen LogP contribution in [0, 0.1) is 10.1 Å². The molecule has 2 N–H and O–H groups in total. The molecule has 8 heteroatoms. The van der Waals surface area contributed by atoms with Crippen molar-refractivity contribution in [1.29, 1.82) is 0 Å². The average Bonchev–Trinajstić information content (AvgIpc) is 2.46. The second-order valence-electron chi connectivity index (χ2n) is 5.47. The molecule has 1 saturated heterocycles. The molecule has 2 rings (SSSR count). The van der Waals surface area contributed by atoms with Crippen LogP contribution in [0.25, 0.3) is 0 Å². The van der Waals surface area contributed by atoms with Crippen LogP contribution in [-0.2, 0) is 0 Å². The van der Waals surface area contributed by atoms with E-state index in [0.29, 0.717) is 0 Å². The number of phenols is 1. The van der Waals surface area contributed by atoms with Gasteiger partial charge >= 0.3 is 5.69 Å². The maximum Gasteiger partial charge on any atom is 0.311 e. The minimum absolute atomic E-state index is 0. The van der Waals surface area contributed by atoms with Gasteiger partial charge in [-0.15, -0.1) is 31.4 Å². The van der Waals surface area contributed by atoms with Crippen molar-refractivity contribution in [2.45, 2.75) is 19.4 Å². The molecule has 0 unspecified atom stereocenters. The molecule has 1 aromatic carbocycles. The third kappa shape index (κ3) is 5.66. The van der Waals surface area contributed by atoms with E-state index in [0.717, 1.165) is 43.7 Å². The normalized spacial score (nSPS) is 15.9. The lowest BCUT2D eigenvalue weighted by molar-refractivity contribution is -0.386. The van der Waals surface area contributed by atoms with Gasteiger partial charge in [0.15, 0.2) is 5.75 Å². The molecule has 130 valence electrons. The van der Waals surface area contributed by atoms with Crippen LogP contribution in [0.15, 0.2) is 30.4 Å². The zero-order valence-electron chi connectivity index (χ0n) is 13.0. The second kappa shape index (κ2) is 9.72. The smallest absolute Gasteiger partial charge is 0.311 e. The Bertz CT molecular complexity index is 549. The first-order chi connectivity index (χ1) is 9.99. The van der Waals surface area contributed by atoms with Gasteiger partial charge in [-0.3, -0.25) is 15.0 Å². The lowest BCUT2D eigenvalue weighted by Gasteiger charge is -2.35. The molecule has 6 nitrogen and oxygen atoms in total. The van der Waals surface area contributed by atoms with Crippen molar-refractivity contribution in [2.75, 3.05) is 26.2 Å². The molecule has 1 fully saturated rings. The third-order valence-electron chi connectivity index (χ3n) is 3.72. The summed E-state index contributed by atoms with van der Waals surface area (Å²) in [5.41, 5.74) is 1.65. The van der Waals surface area contributed by atoms with Crippen LogP contribution in [0.2, 0.25) is 0 Å². The number of benzene rings is 1.